The van der Waals surface area contributed by atoms with Crippen LogP contribution in [0.15, 0.2) is 86.2 Å². The highest BCUT2D eigenvalue weighted by Gasteiger charge is 2.56. The second kappa shape index (κ2) is 24.6. The standard InChI is InChI=1S/C39H50N16O12/c1-61-34-25(48-53-43)14-24(47-52-42)28(36(34)67-38-32(59)35(27(18-56)65-38)66-37-29(49-54-44)31(58)30(57)26(64-37)15-45-50-40)33-23(46-51-41)13-12-22(63-33)17-55(16-20-8-4-2-5-9-20)39(60)62-19-21-10-6-3-7-11-21/h2-11,22-38,56-59H,12-19H2,1H3/t22-,23?,24?,25?,26-,27+,28?,29?,30+,31+,32+,33-,34-,35+,36-,37+,38-/m0/s1. The van der Waals surface area contributed by atoms with E-state index in [1.54, 1.807) is 0 Å². The van der Waals surface area contributed by atoms with E-state index in [0.717, 1.165) is 11.1 Å². The molecule has 5 unspecified atom stereocenters. The van der Waals surface area contributed by atoms with E-state index in [1.807, 2.05) is 60.7 Å². The number of aliphatic hydroxyl groups excluding tert-OH is 4. The van der Waals surface area contributed by atoms with Crippen LogP contribution in [0.5, 0.6) is 0 Å². The molecule has 1 aliphatic carbocycles. The van der Waals surface area contributed by atoms with E-state index in [1.165, 1.54) is 12.0 Å². The Bertz CT molecular complexity index is 2190. The molecule has 67 heavy (non-hydrogen) atoms. The van der Waals surface area contributed by atoms with Crippen molar-refractivity contribution in [1.29, 1.82) is 0 Å². The Labute approximate surface area is 381 Å². The van der Waals surface area contributed by atoms with Gasteiger partial charge >= 0.3 is 6.09 Å². The van der Waals surface area contributed by atoms with Crippen LogP contribution in [0.2, 0.25) is 0 Å². The minimum atomic E-state index is -1.82. The van der Waals surface area contributed by atoms with Crippen LogP contribution in [-0.2, 0) is 46.3 Å². The summed E-state index contributed by atoms with van der Waals surface area (Å²) in [7, 11) is 1.31. The normalized spacial score (nSPS) is 34.7. The quantitative estimate of drug-likeness (QED) is 0.0844. The number of benzene rings is 2. The van der Waals surface area contributed by atoms with Crippen LogP contribution in [0.1, 0.15) is 30.4 Å². The lowest BCUT2D eigenvalue weighted by atomic mass is 9.72. The number of ether oxygens (including phenoxy) is 7. The maximum absolute atomic E-state index is 13.8. The van der Waals surface area contributed by atoms with Crippen LogP contribution in [0.25, 0.3) is 52.2 Å². The number of azide groups is 5. The minimum Gasteiger partial charge on any atom is -0.445 e. The zero-order valence-electron chi connectivity index (χ0n) is 36.0. The molecule has 0 aromatic heterocycles. The number of rotatable bonds is 19. The van der Waals surface area contributed by atoms with Crippen LogP contribution in [0.3, 0.4) is 0 Å². The van der Waals surface area contributed by atoms with Crippen LogP contribution in [0, 0.1) is 5.92 Å². The van der Waals surface area contributed by atoms with E-state index in [0.29, 0.717) is 6.42 Å². The largest absolute Gasteiger partial charge is 0.445 e. The Morgan fingerprint density at radius 2 is 1.34 bits per heavy atom. The molecule has 0 spiro atoms. The van der Waals surface area contributed by atoms with Crippen LogP contribution in [-0.4, -0.2) is 156 Å². The van der Waals surface area contributed by atoms with Crippen molar-refractivity contribution in [3.05, 3.63) is 124 Å². The fraction of sp³-hybridized carbons (Fsp3) is 0.667. The molecule has 1 saturated carbocycles. The molecule has 0 bridgehead atoms. The molecule has 358 valence electrons. The van der Waals surface area contributed by atoms with Crippen molar-refractivity contribution in [1.82, 2.24) is 4.90 Å². The lowest BCUT2D eigenvalue weighted by Crippen LogP contribution is -2.62. The first-order valence-electron chi connectivity index (χ1n) is 21.2. The van der Waals surface area contributed by atoms with Crippen molar-refractivity contribution in [3.8, 4) is 0 Å². The van der Waals surface area contributed by atoms with Crippen LogP contribution < -0.4 is 0 Å². The fourth-order valence-corrected chi connectivity index (χ4v) is 8.99. The SMILES string of the molecule is CO[C@H]1C(N=[N+]=[N-])CC(N=[N+]=[N-])C([C@H]2O[C@H](CN(Cc3ccccc3)C(=O)OCc3ccccc3)CCC2N=[N+]=[N-])[C@@H]1O[C@@H]1O[C@H](CO)[C@@H](O[C@H]2O[C@@H](CN=[N+]=[N-])[C@@H](O)[C@H](O)C2N=[N+]=[N-])[C@H]1O. The van der Waals surface area contributed by atoms with Gasteiger partial charge in [-0.05, 0) is 58.0 Å². The number of carbonyl (C=O) groups is 1. The summed E-state index contributed by atoms with van der Waals surface area (Å²) in [6.45, 7) is -1.12. The Hall–Kier alpha value is -6.14. The summed E-state index contributed by atoms with van der Waals surface area (Å²) in [6.07, 6.45) is -17.6. The summed E-state index contributed by atoms with van der Waals surface area (Å²) in [5.41, 5.74) is 48.9. The molecule has 6 rings (SSSR count). The number of amides is 1. The topological polar surface area (TPSA) is 410 Å². The molecule has 1 amide bonds. The van der Waals surface area contributed by atoms with Gasteiger partial charge in [0.15, 0.2) is 12.6 Å². The third-order valence-electron chi connectivity index (χ3n) is 12.1. The summed E-state index contributed by atoms with van der Waals surface area (Å²) < 4.78 is 42.7. The Balaban J connectivity index is 1.31. The maximum Gasteiger partial charge on any atom is 0.410 e. The highest BCUT2D eigenvalue weighted by molar-refractivity contribution is 5.67. The van der Waals surface area contributed by atoms with Gasteiger partial charge in [0, 0.05) is 50.2 Å². The van der Waals surface area contributed by atoms with Gasteiger partial charge in [0.25, 0.3) is 0 Å². The Morgan fingerprint density at radius 3 is 1.99 bits per heavy atom. The molecule has 3 heterocycles. The van der Waals surface area contributed by atoms with Crippen LogP contribution in [0.4, 0.5) is 4.79 Å². The first kappa shape index (κ1) is 50.3. The summed E-state index contributed by atoms with van der Waals surface area (Å²) in [4.78, 5) is 29.7. The predicted molar refractivity (Wildman–Crippen MR) is 228 cm³/mol. The lowest BCUT2D eigenvalue weighted by Gasteiger charge is -2.50. The van der Waals surface area contributed by atoms with Crippen molar-refractivity contribution >= 4 is 6.09 Å². The van der Waals surface area contributed by atoms with E-state index in [4.69, 9.17) is 38.7 Å². The molecule has 28 heteroatoms. The number of methoxy groups -OCH3 is 1. The first-order chi connectivity index (χ1) is 32.6. The number of hydrogen-bond acceptors (Lipinski definition) is 17. The van der Waals surface area contributed by atoms with Crippen molar-refractivity contribution in [3.63, 3.8) is 0 Å². The Kier molecular flexibility index (Phi) is 18.4. The molecule has 28 nitrogen and oxygen atoms in total. The third-order valence-corrected chi connectivity index (χ3v) is 12.1. The fourth-order valence-electron chi connectivity index (χ4n) is 8.99. The number of nitrogens with zero attached hydrogens (tertiary/aromatic N) is 16. The molecule has 3 aliphatic heterocycles. The van der Waals surface area contributed by atoms with E-state index in [2.05, 4.69) is 50.1 Å². The van der Waals surface area contributed by atoms with E-state index >= 15 is 0 Å². The summed E-state index contributed by atoms with van der Waals surface area (Å²) in [5, 5.41) is 62.6. The van der Waals surface area contributed by atoms with Gasteiger partial charge in [0.05, 0.1) is 68.4 Å². The van der Waals surface area contributed by atoms with Gasteiger partial charge in [0.1, 0.15) is 37.1 Å². The van der Waals surface area contributed by atoms with Crippen molar-refractivity contribution in [2.45, 2.75) is 130 Å². The first-order valence-corrected chi connectivity index (χ1v) is 21.2. The monoisotopic (exact) mass is 934 g/mol. The molecule has 4 fully saturated rings. The van der Waals surface area contributed by atoms with Gasteiger partial charge in [-0.15, -0.1) is 0 Å². The second-order valence-electron chi connectivity index (χ2n) is 16.1. The van der Waals surface area contributed by atoms with Crippen molar-refractivity contribution in [2.75, 3.05) is 26.8 Å². The highest BCUT2D eigenvalue weighted by Crippen LogP contribution is 2.43. The molecule has 17 atom stereocenters. The summed E-state index contributed by atoms with van der Waals surface area (Å²) in [6, 6.07) is 13.7. The zero-order valence-corrected chi connectivity index (χ0v) is 36.0. The average molecular weight is 935 g/mol. The predicted octanol–water partition coefficient (Wildman–Crippen LogP) is 4.73. The minimum absolute atomic E-state index is 0.000959. The van der Waals surface area contributed by atoms with Gasteiger partial charge in [-0.3, -0.25) is 0 Å². The van der Waals surface area contributed by atoms with Crippen LogP contribution >= 0.6 is 0 Å². The number of hydrogen-bond donors (Lipinski definition) is 4. The molecule has 3 saturated heterocycles. The maximum atomic E-state index is 13.8. The highest BCUT2D eigenvalue weighted by atomic mass is 16.8. The average Bonchev–Trinajstić information content (AvgIpc) is 3.63. The molecule has 0 radical (unpaired) electrons. The number of aliphatic hydroxyl groups is 4. The van der Waals surface area contributed by atoms with Gasteiger partial charge in [-0.25, -0.2) is 4.79 Å². The van der Waals surface area contributed by atoms with Gasteiger partial charge in [0.2, 0.25) is 0 Å². The molecular formula is C39H50N16O12. The zero-order chi connectivity index (χ0) is 47.9. The molecule has 4 aliphatic rings. The van der Waals surface area contributed by atoms with E-state index in [-0.39, 0.29) is 32.5 Å². The molecule has 2 aromatic rings. The van der Waals surface area contributed by atoms with E-state index < -0.39 is 123 Å². The molecular weight excluding hydrogens is 885 g/mol. The summed E-state index contributed by atoms with van der Waals surface area (Å²) >= 11 is 0. The Morgan fingerprint density at radius 1 is 0.716 bits per heavy atom. The van der Waals surface area contributed by atoms with Gasteiger partial charge in [-0.1, -0.05) is 86.2 Å². The summed E-state index contributed by atoms with van der Waals surface area (Å²) in [5.74, 6) is -1.10. The van der Waals surface area contributed by atoms with E-state index in [9.17, 15) is 47.3 Å². The molecule has 2 aromatic carbocycles. The third kappa shape index (κ3) is 12.3. The lowest BCUT2D eigenvalue weighted by molar-refractivity contribution is -0.280. The van der Waals surface area contributed by atoms with Gasteiger partial charge < -0.3 is 58.5 Å². The van der Waals surface area contributed by atoms with Crippen molar-refractivity contribution in [2.24, 2.45) is 31.5 Å². The number of carbonyl (C=O) groups excluding carboxylic acids is 1. The second-order valence-corrected chi connectivity index (χ2v) is 16.1. The van der Waals surface area contributed by atoms with Crippen molar-refractivity contribution < 1.29 is 58.4 Å². The van der Waals surface area contributed by atoms with Gasteiger partial charge in [-0.2, -0.15) is 0 Å². The smallest absolute Gasteiger partial charge is 0.410 e. The molecule has 4 N–H and O–H groups in total.